The molecule has 2 aliphatic rings. The van der Waals surface area contributed by atoms with Crippen molar-refractivity contribution < 1.29 is 28.9 Å². The number of carbonyl (C=O) groups excluding carboxylic acids is 2. The van der Waals surface area contributed by atoms with E-state index in [0.717, 1.165) is 22.4 Å². The molecule has 0 bridgehead atoms. The second-order valence-corrected chi connectivity index (χ2v) is 11.7. The molecule has 0 radical (unpaired) electrons. The lowest BCUT2D eigenvalue weighted by Crippen LogP contribution is -2.29. The average molecular weight is 605 g/mol. The van der Waals surface area contributed by atoms with Crippen LogP contribution in [0.15, 0.2) is 60.2 Å². The van der Waals surface area contributed by atoms with Crippen LogP contribution in [0.1, 0.15) is 49.9 Å². The van der Waals surface area contributed by atoms with Crippen LogP contribution >= 0.6 is 22.9 Å². The highest BCUT2D eigenvalue weighted by atomic mass is 35.5. The van der Waals surface area contributed by atoms with E-state index in [0.29, 0.717) is 57.9 Å². The Bertz CT molecular complexity index is 1750. The van der Waals surface area contributed by atoms with Gasteiger partial charge in [-0.25, -0.2) is 4.98 Å². The molecule has 8 nitrogen and oxygen atoms in total. The van der Waals surface area contributed by atoms with Crippen molar-refractivity contribution >= 4 is 55.7 Å². The van der Waals surface area contributed by atoms with Gasteiger partial charge in [-0.2, -0.15) is 0 Å². The van der Waals surface area contributed by atoms with Crippen molar-refractivity contribution in [3.63, 3.8) is 0 Å². The third-order valence-electron chi connectivity index (χ3n) is 7.20. The van der Waals surface area contributed by atoms with Crippen LogP contribution in [0.2, 0.25) is 5.02 Å². The highest BCUT2D eigenvalue weighted by Crippen LogP contribution is 2.46. The number of hydrogen-bond acceptors (Lipinski definition) is 8. The fourth-order valence-corrected chi connectivity index (χ4v) is 6.62. The van der Waals surface area contributed by atoms with Gasteiger partial charge in [0, 0.05) is 17.0 Å². The molecular weight excluding hydrogens is 576 g/mol. The Balaban J connectivity index is 1.53. The van der Waals surface area contributed by atoms with E-state index in [9.17, 15) is 14.7 Å². The molecule has 4 aromatic rings. The zero-order valence-electron chi connectivity index (χ0n) is 23.3. The Labute approximate surface area is 252 Å². The molecule has 2 atom stereocenters. The molecular formula is C32H29ClN2O6S. The summed E-state index contributed by atoms with van der Waals surface area (Å²) in [4.78, 5) is 33.5. The van der Waals surface area contributed by atoms with E-state index in [1.54, 1.807) is 48.5 Å². The van der Waals surface area contributed by atoms with Crippen molar-refractivity contribution in [2.45, 2.75) is 45.8 Å². The summed E-state index contributed by atoms with van der Waals surface area (Å²) in [6, 6.07) is 14.9. The van der Waals surface area contributed by atoms with Gasteiger partial charge in [0.15, 0.2) is 16.6 Å². The number of fused-ring (bicyclic) bond motifs is 2. The minimum atomic E-state index is -0.969. The third-order valence-corrected chi connectivity index (χ3v) is 8.46. The summed E-state index contributed by atoms with van der Waals surface area (Å²) in [5, 5.41) is 12.5. The molecule has 1 aromatic heterocycles. The monoisotopic (exact) mass is 604 g/mol. The quantitative estimate of drug-likeness (QED) is 0.130. The van der Waals surface area contributed by atoms with E-state index in [1.165, 1.54) is 16.2 Å². The standard InChI is InChI=1S/C32H29ClN2O6S/c1-4-12-40-24-11-6-18(15-25(24)39-5-2)28-27(29(36)19-7-10-23-20(14-19)13-17(3)41-23)30(37)31(38)35(28)32-34-22-9-8-21(33)16-26(22)42-32/h6-11,14-17,28,36H,4-5,12-13H2,1-3H3/b29-27+/t17-,28-/m0/s1. The second kappa shape index (κ2) is 11.3. The van der Waals surface area contributed by atoms with Crippen molar-refractivity contribution in [1.29, 1.82) is 0 Å². The molecule has 3 aromatic carbocycles. The number of rotatable bonds is 8. The molecule has 10 heteroatoms. The van der Waals surface area contributed by atoms with Gasteiger partial charge < -0.3 is 19.3 Å². The SMILES string of the molecule is CCCOc1ccc([C@H]2/C(=C(\O)c3ccc4c(c3)C[C@H](C)O4)C(=O)C(=O)N2c2nc3ccc(Cl)cc3s2)cc1OCC. The number of nitrogens with zero attached hydrogens (tertiary/aromatic N) is 2. The third kappa shape index (κ3) is 4.97. The summed E-state index contributed by atoms with van der Waals surface area (Å²) < 4.78 is 18.4. The summed E-state index contributed by atoms with van der Waals surface area (Å²) in [6.45, 7) is 6.75. The van der Waals surface area contributed by atoms with Gasteiger partial charge in [-0.05, 0) is 79.9 Å². The van der Waals surface area contributed by atoms with E-state index >= 15 is 0 Å². The van der Waals surface area contributed by atoms with Crippen LogP contribution in [0.3, 0.4) is 0 Å². The number of aliphatic hydroxyl groups is 1. The molecule has 0 unspecified atom stereocenters. The molecule has 0 saturated carbocycles. The van der Waals surface area contributed by atoms with Gasteiger partial charge in [-0.15, -0.1) is 0 Å². The van der Waals surface area contributed by atoms with E-state index in [-0.39, 0.29) is 17.4 Å². The number of hydrogen-bond donors (Lipinski definition) is 1. The van der Waals surface area contributed by atoms with Crippen LogP contribution in [-0.4, -0.2) is 41.1 Å². The number of aliphatic hydroxyl groups excluding tert-OH is 1. The molecule has 1 N–H and O–H groups in total. The number of thiazole rings is 1. The van der Waals surface area contributed by atoms with Crippen molar-refractivity contribution in [3.8, 4) is 17.2 Å². The first-order chi connectivity index (χ1) is 20.3. The number of aromatic nitrogens is 1. The van der Waals surface area contributed by atoms with E-state index in [1.807, 2.05) is 26.8 Å². The molecule has 3 heterocycles. The van der Waals surface area contributed by atoms with Crippen molar-refractivity contribution in [3.05, 3.63) is 81.9 Å². The van der Waals surface area contributed by atoms with Gasteiger partial charge in [-0.3, -0.25) is 14.5 Å². The Morgan fingerprint density at radius 1 is 1.10 bits per heavy atom. The number of anilines is 1. The summed E-state index contributed by atoms with van der Waals surface area (Å²) in [5.74, 6) is -0.0707. The normalized spacial score (nSPS) is 19.3. The number of ether oxygens (including phenoxy) is 3. The molecule has 1 amide bonds. The Morgan fingerprint density at radius 3 is 2.71 bits per heavy atom. The van der Waals surface area contributed by atoms with E-state index in [4.69, 9.17) is 25.8 Å². The fourth-order valence-electron chi connectivity index (χ4n) is 5.35. The average Bonchev–Trinajstić information content (AvgIpc) is 3.63. The molecule has 6 rings (SSSR count). The highest BCUT2D eigenvalue weighted by molar-refractivity contribution is 7.22. The highest BCUT2D eigenvalue weighted by Gasteiger charge is 2.48. The zero-order chi connectivity index (χ0) is 29.5. The van der Waals surface area contributed by atoms with Gasteiger partial charge in [-0.1, -0.05) is 35.9 Å². The molecule has 42 heavy (non-hydrogen) atoms. The number of carbonyl (C=O) groups is 2. The molecule has 1 fully saturated rings. The fraction of sp³-hybridized carbons (Fsp3) is 0.281. The van der Waals surface area contributed by atoms with Gasteiger partial charge in [0.2, 0.25) is 0 Å². The van der Waals surface area contributed by atoms with Crippen LogP contribution in [0.4, 0.5) is 5.13 Å². The summed E-state index contributed by atoms with van der Waals surface area (Å²) >= 11 is 7.46. The van der Waals surface area contributed by atoms with Crippen LogP contribution in [0.25, 0.3) is 16.0 Å². The minimum Gasteiger partial charge on any atom is -0.507 e. The van der Waals surface area contributed by atoms with Crippen molar-refractivity contribution in [1.82, 2.24) is 4.98 Å². The smallest absolute Gasteiger partial charge is 0.301 e. The Morgan fingerprint density at radius 2 is 1.93 bits per heavy atom. The predicted molar refractivity (Wildman–Crippen MR) is 163 cm³/mol. The zero-order valence-corrected chi connectivity index (χ0v) is 24.9. The summed E-state index contributed by atoms with van der Waals surface area (Å²) in [7, 11) is 0. The van der Waals surface area contributed by atoms with Crippen LogP contribution in [0.5, 0.6) is 17.2 Å². The van der Waals surface area contributed by atoms with Crippen molar-refractivity contribution in [2.75, 3.05) is 18.1 Å². The van der Waals surface area contributed by atoms with Gasteiger partial charge in [0.25, 0.3) is 5.78 Å². The van der Waals surface area contributed by atoms with E-state index < -0.39 is 17.7 Å². The van der Waals surface area contributed by atoms with Crippen LogP contribution in [-0.2, 0) is 16.0 Å². The second-order valence-electron chi connectivity index (χ2n) is 10.2. The van der Waals surface area contributed by atoms with Crippen LogP contribution in [0, 0.1) is 0 Å². The van der Waals surface area contributed by atoms with Crippen LogP contribution < -0.4 is 19.1 Å². The topological polar surface area (TPSA) is 98.2 Å². The van der Waals surface area contributed by atoms with Crippen molar-refractivity contribution in [2.24, 2.45) is 0 Å². The molecule has 1 saturated heterocycles. The maximum atomic E-state index is 13.7. The summed E-state index contributed by atoms with van der Waals surface area (Å²) in [5.41, 5.74) is 2.54. The van der Waals surface area contributed by atoms with Gasteiger partial charge >= 0.3 is 5.91 Å². The molecule has 0 spiro atoms. The maximum Gasteiger partial charge on any atom is 0.301 e. The molecule has 2 aliphatic heterocycles. The predicted octanol–water partition coefficient (Wildman–Crippen LogP) is 7.09. The van der Waals surface area contributed by atoms with Gasteiger partial charge in [0.05, 0.1) is 35.0 Å². The number of benzene rings is 3. The van der Waals surface area contributed by atoms with Gasteiger partial charge in [0.1, 0.15) is 17.6 Å². The lowest BCUT2D eigenvalue weighted by molar-refractivity contribution is -0.132. The first-order valence-electron chi connectivity index (χ1n) is 13.9. The Hall–Kier alpha value is -4.08. The maximum absolute atomic E-state index is 13.7. The molecule has 216 valence electrons. The Kier molecular flexibility index (Phi) is 7.55. The lowest BCUT2D eigenvalue weighted by Gasteiger charge is -2.24. The molecule has 0 aliphatic carbocycles. The largest absolute Gasteiger partial charge is 0.507 e. The summed E-state index contributed by atoms with van der Waals surface area (Å²) in [6.07, 6.45) is 1.51. The number of Topliss-reactive ketones (excluding diaryl/α,β-unsaturated/α-hetero) is 1. The first-order valence-corrected chi connectivity index (χ1v) is 15.0. The lowest BCUT2D eigenvalue weighted by atomic mass is 9.94. The number of amides is 1. The van der Waals surface area contributed by atoms with E-state index in [2.05, 4.69) is 4.98 Å². The number of ketones is 1. The minimum absolute atomic E-state index is 0.0148. The first kappa shape index (κ1) is 28.1. The number of halogens is 1.